The molecule has 0 atom stereocenters. The number of alkyl halides is 5. The maximum atomic E-state index is 13.0. The summed E-state index contributed by atoms with van der Waals surface area (Å²) in [6.07, 6.45) is -5.31. The van der Waals surface area contributed by atoms with Gasteiger partial charge < -0.3 is 11.5 Å². The predicted octanol–water partition coefficient (Wildman–Crippen LogP) is 2.21. The lowest BCUT2D eigenvalue weighted by Crippen LogP contribution is -2.34. The van der Waals surface area contributed by atoms with Gasteiger partial charge in [-0.15, -0.1) is 0 Å². The Morgan fingerprint density at radius 2 is 1.62 bits per heavy atom. The van der Waals surface area contributed by atoms with Crippen LogP contribution in [-0.2, 0) is 5.92 Å². The van der Waals surface area contributed by atoms with Crippen molar-refractivity contribution in [3.63, 3.8) is 0 Å². The van der Waals surface area contributed by atoms with Crippen molar-refractivity contribution in [2.75, 3.05) is 11.5 Å². The second-order valence-corrected chi connectivity index (χ2v) is 3.17. The molecule has 0 radical (unpaired) electrons. The molecule has 1 aromatic heterocycles. The van der Waals surface area contributed by atoms with Crippen LogP contribution >= 0.6 is 0 Å². The van der Waals surface area contributed by atoms with Crippen molar-refractivity contribution in [3.05, 3.63) is 17.3 Å². The van der Waals surface area contributed by atoms with E-state index in [4.69, 9.17) is 11.5 Å². The molecule has 0 aliphatic carbocycles. The molecule has 3 nitrogen and oxygen atoms in total. The molecule has 0 aliphatic rings. The average Bonchev–Trinajstić information content (AvgIpc) is 2.12. The van der Waals surface area contributed by atoms with Gasteiger partial charge in [-0.05, 0) is 12.5 Å². The Bertz CT molecular complexity index is 413. The molecular formula is C8H8F5N3. The third-order valence-electron chi connectivity index (χ3n) is 2.11. The average molecular weight is 241 g/mol. The van der Waals surface area contributed by atoms with Gasteiger partial charge in [0.05, 0.1) is 11.3 Å². The van der Waals surface area contributed by atoms with Crippen molar-refractivity contribution in [1.29, 1.82) is 0 Å². The molecule has 0 unspecified atom stereocenters. The van der Waals surface area contributed by atoms with Gasteiger partial charge in [-0.3, -0.25) is 0 Å². The predicted molar refractivity (Wildman–Crippen MR) is 47.7 cm³/mol. The van der Waals surface area contributed by atoms with Crippen molar-refractivity contribution < 1.29 is 22.0 Å². The smallest absolute Gasteiger partial charge is 0.396 e. The van der Waals surface area contributed by atoms with Gasteiger partial charge in [0.15, 0.2) is 0 Å². The first-order valence-corrected chi connectivity index (χ1v) is 4.04. The van der Waals surface area contributed by atoms with Crippen LogP contribution in [0.3, 0.4) is 0 Å². The Hall–Kier alpha value is -1.60. The van der Waals surface area contributed by atoms with Gasteiger partial charge in [0.1, 0.15) is 5.82 Å². The van der Waals surface area contributed by atoms with Crippen LogP contribution in [0.2, 0.25) is 0 Å². The lowest BCUT2D eigenvalue weighted by Gasteiger charge is -2.22. The maximum absolute atomic E-state index is 13.0. The molecule has 0 fully saturated rings. The van der Waals surface area contributed by atoms with Crippen molar-refractivity contribution in [2.45, 2.75) is 19.0 Å². The molecule has 0 amide bonds. The number of rotatable bonds is 1. The Labute approximate surface area is 87.3 Å². The van der Waals surface area contributed by atoms with Gasteiger partial charge in [0, 0.05) is 6.20 Å². The van der Waals surface area contributed by atoms with E-state index in [0.29, 0.717) is 6.20 Å². The van der Waals surface area contributed by atoms with Crippen LogP contribution in [0.15, 0.2) is 6.20 Å². The number of halogens is 5. The molecule has 1 aromatic rings. The monoisotopic (exact) mass is 241 g/mol. The van der Waals surface area contributed by atoms with E-state index in [1.54, 1.807) is 0 Å². The second kappa shape index (κ2) is 3.46. The molecule has 1 rings (SSSR count). The van der Waals surface area contributed by atoms with Crippen LogP contribution in [0.5, 0.6) is 0 Å². The van der Waals surface area contributed by atoms with Crippen molar-refractivity contribution in [1.82, 2.24) is 4.98 Å². The molecule has 0 saturated heterocycles. The van der Waals surface area contributed by atoms with E-state index in [0.717, 1.165) is 6.92 Å². The van der Waals surface area contributed by atoms with Crippen molar-refractivity contribution in [2.24, 2.45) is 0 Å². The van der Waals surface area contributed by atoms with Gasteiger partial charge in [0.25, 0.3) is 0 Å². The number of hydrogen-bond donors (Lipinski definition) is 2. The molecule has 0 aromatic carbocycles. The van der Waals surface area contributed by atoms with E-state index in [-0.39, 0.29) is 11.5 Å². The number of pyridine rings is 1. The first-order valence-electron chi connectivity index (χ1n) is 4.04. The fourth-order valence-corrected chi connectivity index (χ4v) is 1.11. The molecular weight excluding hydrogens is 233 g/mol. The SMILES string of the molecule is Cc1c(C(F)(F)C(F)(F)F)cnc(N)c1N. The van der Waals surface area contributed by atoms with E-state index in [1.807, 2.05) is 0 Å². The molecule has 8 heteroatoms. The highest BCUT2D eigenvalue weighted by Gasteiger charge is 2.59. The third kappa shape index (κ3) is 1.74. The van der Waals surface area contributed by atoms with Crippen LogP contribution in [-0.4, -0.2) is 11.2 Å². The largest absolute Gasteiger partial charge is 0.458 e. The summed E-state index contributed by atoms with van der Waals surface area (Å²) in [7, 11) is 0. The highest BCUT2D eigenvalue weighted by atomic mass is 19.4. The summed E-state index contributed by atoms with van der Waals surface area (Å²) in [5, 5.41) is 0. The molecule has 0 aliphatic heterocycles. The van der Waals surface area contributed by atoms with Crippen LogP contribution in [0.25, 0.3) is 0 Å². The minimum Gasteiger partial charge on any atom is -0.396 e. The Balaban J connectivity index is 3.41. The summed E-state index contributed by atoms with van der Waals surface area (Å²) in [5.41, 5.74) is 8.33. The minimum atomic E-state index is -5.69. The van der Waals surface area contributed by atoms with E-state index < -0.39 is 23.2 Å². The summed E-state index contributed by atoms with van der Waals surface area (Å²) < 4.78 is 62.2. The summed E-state index contributed by atoms with van der Waals surface area (Å²) >= 11 is 0. The Kier molecular flexibility index (Phi) is 2.70. The normalized spacial score (nSPS) is 12.9. The Morgan fingerprint density at radius 1 is 1.12 bits per heavy atom. The van der Waals surface area contributed by atoms with Gasteiger partial charge >= 0.3 is 12.1 Å². The number of anilines is 2. The van der Waals surface area contributed by atoms with Crippen LogP contribution in [0.4, 0.5) is 33.5 Å². The van der Waals surface area contributed by atoms with Gasteiger partial charge in [-0.25, -0.2) is 4.98 Å². The van der Waals surface area contributed by atoms with E-state index in [1.165, 1.54) is 0 Å². The van der Waals surface area contributed by atoms with Crippen LogP contribution < -0.4 is 11.5 Å². The molecule has 1 heterocycles. The molecule has 90 valence electrons. The number of hydrogen-bond acceptors (Lipinski definition) is 3. The zero-order valence-corrected chi connectivity index (χ0v) is 8.07. The van der Waals surface area contributed by atoms with E-state index in [9.17, 15) is 22.0 Å². The third-order valence-corrected chi connectivity index (χ3v) is 2.11. The Morgan fingerprint density at radius 3 is 2.06 bits per heavy atom. The van der Waals surface area contributed by atoms with Gasteiger partial charge in [-0.1, -0.05) is 0 Å². The van der Waals surface area contributed by atoms with Gasteiger partial charge in [0.2, 0.25) is 0 Å². The summed E-state index contributed by atoms with van der Waals surface area (Å²) in [6.45, 7) is 1.03. The second-order valence-electron chi connectivity index (χ2n) is 3.17. The van der Waals surface area contributed by atoms with E-state index >= 15 is 0 Å². The number of aromatic nitrogens is 1. The summed E-state index contributed by atoms with van der Waals surface area (Å²) in [6, 6.07) is 0. The molecule has 4 N–H and O–H groups in total. The molecule has 0 spiro atoms. The van der Waals surface area contributed by atoms with Crippen LogP contribution in [0, 0.1) is 6.92 Å². The zero-order chi connectivity index (χ0) is 12.7. The zero-order valence-electron chi connectivity index (χ0n) is 8.07. The fourth-order valence-electron chi connectivity index (χ4n) is 1.11. The van der Waals surface area contributed by atoms with E-state index in [2.05, 4.69) is 4.98 Å². The first kappa shape index (κ1) is 12.5. The lowest BCUT2D eigenvalue weighted by molar-refractivity contribution is -0.289. The summed E-state index contributed by atoms with van der Waals surface area (Å²) in [5.74, 6) is -5.27. The first-order chi connectivity index (χ1) is 7.09. The number of nitrogen functional groups attached to an aromatic ring is 2. The van der Waals surface area contributed by atoms with Crippen molar-refractivity contribution >= 4 is 11.5 Å². The summed E-state index contributed by atoms with van der Waals surface area (Å²) in [4.78, 5) is 3.19. The number of nitrogens with two attached hydrogens (primary N) is 2. The number of nitrogens with zero attached hydrogens (tertiary/aromatic N) is 1. The molecule has 16 heavy (non-hydrogen) atoms. The van der Waals surface area contributed by atoms with Crippen LogP contribution in [0.1, 0.15) is 11.1 Å². The highest BCUT2D eigenvalue weighted by Crippen LogP contribution is 2.45. The van der Waals surface area contributed by atoms with Gasteiger partial charge in [-0.2, -0.15) is 22.0 Å². The maximum Gasteiger partial charge on any atom is 0.458 e. The minimum absolute atomic E-state index is 0.278. The fraction of sp³-hybridized carbons (Fsp3) is 0.375. The van der Waals surface area contributed by atoms with Crippen molar-refractivity contribution in [3.8, 4) is 0 Å². The topological polar surface area (TPSA) is 64.9 Å². The highest BCUT2D eigenvalue weighted by molar-refractivity contribution is 5.64. The molecule has 0 saturated carbocycles. The molecule has 0 bridgehead atoms. The standard InChI is InChI=1S/C8H8F5N3/c1-3-4(2-16-6(15)5(3)14)7(9,10)8(11,12)13/h2H,14H2,1H3,(H2,15,16). The quantitative estimate of drug-likeness (QED) is 0.741. The lowest BCUT2D eigenvalue weighted by atomic mass is 10.0.